The van der Waals surface area contributed by atoms with Crippen molar-refractivity contribution < 1.29 is 4.79 Å². The van der Waals surface area contributed by atoms with Gasteiger partial charge in [0.2, 0.25) is 5.91 Å². The molecule has 3 aromatic rings. The number of carbonyl (C=O) groups is 1. The molecule has 136 valence electrons. The number of aromatic nitrogens is 2. The number of hydrogen-bond donors (Lipinski definition) is 1. The van der Waals surface area contributed by atoms with Gasteiger partial charge < -0.3 is 5.73 Å². The molecule has 2 aromatic heterocycles. The van der Waals surface area contributed by atoms with Crippen LogP contribution in [0.3, 0.4) is 0 Å². The van der Waals surface area contributed by atoms with Crippen molar-refractivity contribution in [1.29, 1.82) is 0 Å². The molecule has 1 atom stereocenters. The summed E-state index contributed by atoms with van der Waals surface area (Å²) < 4.78 is 1.47. The maximum absolute atomic E-state index is 13.4. The molecular weight excluding hydrogens is 346 g/mol. The molecule has 6 heteroatoms. The van der Waals surface area contributed by atoms with Crippen molar-refractivity contribution in [1.82, 2.24) is 9.55 Å². The second kappa shape index (κ2) is 7.03. The number of nitrogens with two attached hydrogens (primary N) is 1. The molecule has 0 bridgehead atoms. The van der Waals surface area contributed by atoms with Crippen LogP contribution < -0.4 is 11.3 Å². The molecule has 2 heterocycles. The Labute approximate surface area is 156 Å². The summed E-state index contributed by atoms with van der Waals surface area (Å²) in [5.74, 6) is 0.0856. The maximum Gasteiger partial charge on any atom is 0.263 e. The lowest BCUT2D eigenvalue weighted by atomic mass is 10.0. The molecule has 5 nitrogen and oxygen atoms in total. The zero-order valence-corrected chi connectivity index (χ0v) is 16.3. The minimum absolute atomic E-state index is 0.190. The number of amides is 1. The van der Waals surface area contributed by atoms with E-state index in [0.29, 0.717) is 17.6 Å². The van der Waals surface area contributed by atoms with Crippen molar-refractivity contribution in [2.45, 2.75) is 46.6 Å². The molecule has 0 saturated heterocycles. The summed E-state index contributed by atoms with van der Waals surface area (Å²) in [5, 5.41) is 0.573. The summed E-state index contributed by atoms with van der Waals surface area (Å²) in [6.07, 6.45) is 1.46. The molecular formula is C20H23N3O2S. The number of nitrogens with zero attached hydrogens (tertiary/aromatic N) is 2. The first-order valence-corrected chi connectivity index (χ1v) is 9.57. The van der Waals surface area contributed by atoms with Crippen molar-refractivity contribution in [2.75, 3.05) is 0 Å². The average Bonchev–Trinajstić information content (AvgIpc) is 2.92. The number of benzene rings is 1. The van der Waals surface area contributed by atoms with Gasteiger partial charge in [-0.15, -0.1) is 11.3 Å². The minimum atomic E-state index is -0.730. The number of thiophene rings is 1. The van der Waals surface area contributed by atoms with E-state index < -0.39 is 11.9 Å². The maximum atomic E-state index is 13.4. The summed E-state index contributed by atoms with van der Waals surface area (Å²) in [5.41, 5.74) is 8.35. The Hall–Kier alpha value is -2.47. The van der Waals surface area contributed by atoms with Gasteiger partial charge in [-0.25, -0.2) is 4.98 Å². The topological polar surface area (TPSA) is 78.0 Å². The summed E-state index contributed by atoms with van der Waals surface area (Å²) in [4.78, 5) is 31.6. The molecule has 3 rings (SSSR count). The summed E-state index contributed by atoms with van der Waals surface area (Å²) in [7, 11) is 0. The van der Waals surface area contributed by atoms with E-state index in [9.17, 15) is 9.59 Å². The minimum Gasteiger partial charge on any atom is -0.368 e. The lowest BCUT2D eigenvalue weighted by molar-refractivity contribution is -0.120. The molecule has 0 spiro atoms. The third-order valence-electron chi connectivity index (χ3n) is 4.62. The van der Waals surface area contributed by atoms with Gasteiger partial charge in [0.05, 0.1) is 5.39 Å². The van der Waals surface area contributed by atoms with Crippen molar-refractivity contribution in [3.8, 4) is 11.1 Å². The number of fused-ring (bicyclic) bond motifs is 1. The smallest absolute Gasteiger partial charge is 0.263 e. The molecule has 1 amide bonds. The van der Waals surface area contributed by atoms with Gasteiger partial charge in [-0.3, -0.25) is 14.2 Å². The van der Waals surface area contributed by atoms with Crippen molar-refractivity contribution in [3.63, 3.8) is 0 Å². The van der Waals surface area contributed by atoms with Gasteiger partial charge in [0, 0.05) is 16.9 Å². The highest BCUT2D eigenvalue weighted by atomic mass is 32.1. The summed E-state index contributed by atoms with van der Waals surface area (Å²) in [6, 6.07) is 7.37. The van der Waals surface area contributed by atoms with Crippen molar-refractivity contribution in [2.24, 2.45) is 5.73 Å². The zero-order valence-electron chi connectivity index (χ0n) is 15.5. The van der Waals surface area contributed by atoms with E-state index in [4.69, 9.17) is 10.7 Å². The zero-order chi connectivity index (χ0) is 19.0. The Bertz CT molecular complexity index is 1030. The fraction of sp³-hybridized carbons (Fsp3) is 0.350. The molecule has 0 aliphatic rings. The first-order valence-electron chi connectivity index (χ1n) is 8.76. The second-order valence-electron chi connectivity index (χ2n) is 6.61. The Morgan fingerprint density at radius 3 is 2.50 bits per heavy atom. The highest BCUT2D eigenvalue weighted by Crippen LogP contribution is 2.36. The normalized spacial score (nSPS) is 12.5. The van der Waals surface area contributed by atoms with E-state index >= 15 is 0 Å². The van der Waals surface area contributed by atoms with Crippen LogP contribution in [-0.2, 0) is 11.2 Å². The molecule has 1 aromatic carbocycles. The monoisotopic (exact) mass is 369 g/mol. The standard InChI is InChI=1S/C20H23N3O2S/c1-5-6-15-22-19-17(20(25)23(15)12(3)18(21)24)16(13(4)26-19)14-9-7-11(2)8-10-14/h7-10,12H,5-6H2,1-4H3,(H2,21,24). The fourth-order valence-corrected chi connectivity index (χ4v) is 4.26. The van der Waals surface area contributed by atoms with Gasteiger partial charge in [-0.2, -0.15) is 0 Å². The molecule has 0 saturated carbocycles. The lowest BCUT2D eigenvalue weighted by Gasteiger charge is -2.16. The van der Waals surface area contributed by atoms with Gasteiger partial charge in [-0.05, 0) is 32.8 Å². The van der Waals surface area contributed by atoms with Crippen molar-refractivity contribution >= 4 is 27.5 Å². The van der Waals surface area contributed by atoms with E-state index in [1.165, 1.54) is 15.9 Å². The van der Waals surface area contributed by atoms with Crippen LogP contribution in [-0.4, -0.2) is 15.5 Å². The van der Waals surface area contributed by atoms with E-state index in [0.717, 1.165) is 32.8 Å². The van der Waals surface area contributed by atoms with Crippen LogP contribution in [0.2, 0.25) is 0 Å². The van der Waals surface area contributed by atoms with E-state index in [1.54, 1.807) is 6.92 Å². The van der Waals surface area contributed by atoms with Crippen LogP contribution in [0.5, 0.6) is 0 Å². The Morgan fingerprint density at radius 1 is 1.27 bits per heavy atom. The third kappa shape index (κ3) is 3.05. The molecule has 0 fully saturated rings. The van der Waals surface area contributed by atoms with Crippen LogP contribution in [0.15, 0.2) is 29.1 Å². The van der Waals surface area contributed by atoms with Crippen LogP contribution in [0.1, 0.15) is 42.6 Å². The molecule has 0 radical (unpaired) electrons. The van der Waals surface area contributed by atoms with Crippen LogP contribution in [0.4, 0.5) is 0 Å². The number of primary amides is 1. The molecule has 0 aliphatic carbocycles. The predicted octanol–water partition coefficient (Wildman–Crippen LogP) is 3.74. The number of hydrogen-bond acceptors (Lipinski definition) is 4. The summed E-state index contributed by atoms with van der Waals surface area (Å²) in [6.45, 7) is 7.71. The predicted molar refractivity (Wildman–Crippen MR) is 107 cm³/mol. The third-order valence-corrected chi connectivity index (χ3v) is 5.62. The molecule has 1 unspecified atom stereocenters. The highest BCUT2D eigenvalue weighted by molar-refractivity contribution is 7.19. The number of rotatable bonds is 5. The molecule has 0 aliphatic heterocycles. The van der Waals surface area contributed by atoms with Crippen LogP contribution in [0.25, 0.3) is 21.3 Å². The Balaban J connectivity index is 2.37. The first kappa shape index (κ1) is 18.3. The quantitative estimate of drug-likeness (QED) is 0.744. The first-order chi connectivity index (χ1) is 12.3. The highest BCUT2D eigenvalue weighted by Gasteiger charge is 2.23. The van der Waals surface area contributed by atoms with E-state index in [2.05, 4.69) is 0 Å². The SMILES string of the molecule is CCCc1nc2sc(C)c(-c3ccc(C)cc3)c2c(=O)n1C(C)C(N)=O. The van der Waals surface area contributed by atoms with Gasteiger partial charge in [0.15, 0.2) is 0 Å². The Kier molecular flexibility index (Phi) is 4.96. The number of carbonyl (C=O) groups excluding carboxylic acids is 1. The van der Waals surface area contributed by atoms with Gasteiger partial charge in [-0.1, -0.05) is 36.8 Å². The van der Waals surface area contributed by atoms with Crippen molar-refractivity contribution in [3.05, 3.63) is 50.9 Å². The number of aryl methyl sites for hydroxylation is 3. The Morgan fingerprint density at radius 2 is 1.92 bits per heavy atom. The van der Waals surface area contributed by atoms with Crippen LogP contribution in [0, 0.1) is 13.8 Å². The molecule has 26 heavy (non-hydrogen) atoms. The van der Waals surface area contributed by atoms with E-state index in [1.807, 2.05) is 45.0 Å². The summed E-state index contributed by atoms with van der Waals surface area (Å²) >= 11 is 1.52. The largest absolute Gasteiger partial charge is 0.368 e. The lowest BCUT2D eigenvalue weighted by Crippen LogP contribution is -2.35. The van der Waals surface area contributed by atoms with E-state index in [-0.39, 0.29) is 5.56 Å². The second-order valence-corrected chi connectivity index (χ2v) is 7.81. The van der Waals surface area contributed by atoms with Gasteiger partial charge in [0.25, 0.3) is 5.56 Å². The average molecular weight is 369 g/mol. The van der Waals surface area contributed by atoms with Gasteiger partial charge in [0.1, 0.15) is 16.7 Å². The fourth-order valence-electron chi connectivity index (χ4n) is 3.21. The molecule has 2 N–H and O–H groups in total. The van der Waals surface area contributed by atoms with Gasteiger partial charge >= 0.3 is 0 Å². The van der Waals surface area contributed by atoms with Crippen LogP contribution >= 0.6 is 11.3 Å².